The number of hydrogen-bond acceptors (Lipinski definition) is 3. The van der Waals surface area contributed by atoms with Crippen molar-refractivity contribution in [2.75, 3.05) is 6.61 Å². The molecule has 0 radical (unpaired) electrons. The summed E-state index contributed by atoms with van der Waals surface area (Å²) in [5, 5.41) is 11.5. The number of aliphatic carboxylic acids is 1. The molecule has 5 heteroatoms. The van der Waals surface area contributed by atoms with Crippen LogP contribution in [-0.4, -0.2) is 29.8 Å². The summed E-state index contributed by atoms with van der Waals surface area (Å²) in [6, 6.07) is 8.19. The lowest BCUT2D eigenvalue weighted by Crippen LogP contribution is -2.42. The molecule has 0 saturated heterocycles. The predicted octanol–water partition coefficient (Wildman–Crippen LogP) is 2.60. The van der Waals surface area contributed by atoms with Gasteiger partial charge in [-0.2, -0.15) is 0 Å². The van der Waals surface area contributed by atoms with Crippen LogP contribution in [0.1, 0.15) is 31.7 Å². The van der Waals surface area contributed by atoms with E-state index in [0.717, 1.165) is 24.8 Å². The molecular weight excluding hydrogens is 258 g/mol. The summed E-state index contributed by atoms with van der Waals surface area (Å²) in [5.41, 5.74) is 0.853. The van der Waals surface area contributed by atoms with Gasteiger partial charge in [0.1, 0.15) is 6.04 Å². The first-order valence-electron chi connectivity index (χ1n) is 6.83. The SMILES string of the molecule is CCCCCOC(=O)NC(Cc1ccccc1)C(=O)O. The van der Waals surface area contributed by atoms with E-state index in [1.165, 1.54) is 0 Å². The zero-order valence-corrected chi connectivity index (χ0v) is 11.7. The van der Waals surface area contributed by atoms with E-state index >= 15 is 0 Å². The van der Waals surface area contributed by atoms with Crippen LogP contribution >= 0.6 is 0 Å². The molecule has 110 valence electrons. The van der Waals surface area contributed by atoms with E-state index < -0.39 is 18.1 Å². The fourth-order valence-electron chi connectivity index (χ4n) is 1.75. The van der Waals surface area contributed by atoms with Crippen LogP contribution in [0.5, 0.6) is 0 Å². The molecule has 0 bridgehead atoms. The van der Waals surface area contributed by atoms with Gasteiger partial charge in [0, 0.05) is 6.42 Å². The maximum absolute atomic E-state index is 11.5. The van der Waals surface area contributed by atoms with E-state index in [1.54, 1.807) is 0 Å². The lowest BCUT2D eigenvalue weighted by molar-refractivity contribution is -0.139. The van der Waals surface area contributed by atoms with Gasteiger partial charge in [-0.05, 0) is 12.0 Å². The smallest absolute Gasteiger partial charge is 0.407 e. The number of unbranched alkanes of at least 4 members (excludes halogenated alkanes) is 2. The minimum atomic E-state index is -1.07. The van der Waals surface area contributed by atoms with E-state index in [2.05, 4.69) is 12.2 Å². The summed E-state index contributed by atoms with van der Waals surface area (Å²) >= 11 is 0. The maximum atomic E-state index is 11.5. The number of alkyl carbamates (subject to hydrolysis) is 1. The Hall–Kier alpha value is -2.04. The second-order valence-corrected chi connectivity index (χ2v) is 4.57. The molecule has 0 spiro atoms. The van der Waals surface area contributed by atoms with Gasteiger partial charge in [0.05, 0.1) is 6.61 Å². The minimum absolute atomic E-state index is 0.236. The van der Waals surface area contributed by atoms with Crippen LogP contribution < -0.4 is 5.32 Å². The molecule has 1 atom stereocenters. The van der Waals surface area contributed by atoms with Crippen molar-refractivity contribution >= 4 is 12.1 Å². The van der Waals surface area contributed by atoms with Crippen LogP contribution in [0.2, 0.25) is 0 Å². The Labute approximate surface area is 118 Å². The Morgan fingerprint density at radius 2 is 1.95 bits per heavy atom. The molecule has 0 aromatic heterocycles. The van der Waals surface area contributed by atoms with E-state index in [9.17, 15) is 9.59 Å². The topological polar surface area (TPSA) is 75.6 Å². The third-order valence-electron chi connectivity index (χ3n) is 2.85. The van der Waals surface area contributed by atoms with Gasteiger partial charge in [-0.15, -0.1) is 0 Å². The molecule has 0 aliphatic carbocycles. The number of carbonyl (C=O) groups excluding carboxylic acids is 1. The highest BCUT2D eigenvalue weighted by Crippen LogP contribution is 2.04. The Morgan fingerprint density at radius 1 is 1.25 bits per heavy atom. The summed E-state index contributed by atoms with van der Waals surface area (Å²) < 4.78 is 4.95. The number of ether oxygens (including phenoxy) is 1. The fraction of sp³-hybridized carbons (Fsp3) is 0.467. The summed E-state index contributed by atoms with van der Waals surface area (Å²) in [7, 11) is 0. The van der Waals surface area contributed by atoms with Gasteiger partial charge >= 0.3 is 12.1 Å². The van der Waals surface area contributed by atoms with Gasteiger partial charge in [-0.25, -0.2) is 9.59 Å². The average Bonchev–Trinajstić information content (AvgIpc) is 2.44. The molecule has 1 unspecified atom stereocenters. The molecule has 0 aliphatic heterocycles. The monoisotopic (exact) mass is 279 g/mol. The number of rotatable bonds is 8. The summed E-state index contributed by atoms with van der Waals surface area (Å²) in [4.78, 5) is 22.7. The van der Waals surface area contributed by atoms with Crippen LogP contribution in [0.25, 0.3) is 0 Å². The standard InChI is InChI=1S/C15H21NO4/c1-2-3-7-10-20-15(19)16-13(14(17)18)11-12-8-5-4-6-9-12/h4-6,8-9,13H,2-3,7,10-11H2,1H3,(H,16,19)(H,17,18). The largest absolute Gasteiger partial charge is 0.480 e. The zero-order chi connectivity index (χ0) is 14.8. The van der Waals surface area contributed by atoms with Gasteiger partial charge in [-0.3, -0.25) is 0 Å². The van der Waals surface area contributed by atoms with Gasteiger partial charge in [0.2, 0.25) is 0 Å². The number of carboxylic acids is 1. The summed E-state index contributed by atoms with van der Waals surface area (Å²) in [5.74, 6) is -1.07. The van der Waals surface area contributed by atoms with Crippen LogP contribution in [0.3, 0.4) is 0 Å². The molecule has 2 N–H and O–H groups in total. The lowest BCUT2D eigenvalue weighted by Gasteiger charge is -2.14. The van der Waals surface area contributed by atoms with Crippen molar-refractivity contribution in [1.29, 1.82) is 0 Å². The van der Waals surface area contributed by atoms with Crippen molar-refractivity contribution < 1.29 is 19.4 Å². The molecule has 1 amide bonds. The Morgan fingerprint density at radius 3 is 2.55 bits per heavy atom. The maximum Gasteiger partial charge on any atom is 0.407 e. The molecule has 0 heterocycles. The molecule has 0 fully saturated rings. The second-order valence-electron chi connectivity index (χ2n) is 4.57. The number of amides is 1. The molecule has 5 nitrogen and oxygen atoms in total. The van der Waals surface area contributed by atoms with E-state index in [1.807, 2.05) is 30.3 Å². The number of carbonyl (C=O) groups is 2. The number of carboxylic acid groups (broad SMARTS) is 1. The average molecular weight is 279 g/mol. The minimum Gasteiger partial charge on any atom is -0.480 e. The highest BCUT2D eigenvalue weighted by Gasteiger charge is 2.20. The third kappa shape index (κ3) is 6.22. The molecule has 1 aromatic rings. The zero-order valence-electron chi connectivity index (χ0n) is 11.7. The first-order valence-corrected chi connectivity index (χ1v) is 6.83. The first kappa shape index (κ1) is 16.0. The Bertz CT molecular complexity index is 419. The van der Waals surface area contributed by atoms with Crippen molar-refractivity contribution in [2.24, 2.45) is 0 Å². The first-order chi connectivity index (χ1) is 9.63. The number of hydrogen-bond donors (Lipinski definition) is 2. The normalized spacial score (nSPS) is 11.7. The molecule has 20 heavy (non-hydrogen) atoms. The Kier molecular flexibility index (Phi) is 7.17. The Balaban J connectivity index is 2.43. The predicted molar refractivity (Wildman–Crippen MR) is 75.6 cm³/mol. The van der Waals surface area contributed by atoms with Gasteiger partial charge < -0.3 is 15.2 Å². The van der Waals surface area contributed by atoms with Crippen molar-refractivity contribution in [3.05, 3.63) is 35.9 Å². The highest BCUT2D eigenvalue weighted by atomic mass is 16.5. The van der Waals surface area contributed by atoms with Crippen LogP contribution in [-0.2, 0) is 16.0 Å². The van der Waals surface area contributed by atoms with Crippen LogP contribution in [0.15, 0.2) is 30.3 Å². The fourth-order valence-corrected chi connectivity index (χ4v) is 1.75. The molecule has 0 aliphatic rings. The number of benzene rings is 1. The summed E-state index contributed by atoms with van der Waals surface area (Å²) in [6.45, 7) is 2.37. The van der Waals surface area contributed by atoms with Crippen molar-refractivity contribution in [3.8, 4) is 0 Å². The van der Waals surface area contributed by atoms with Crippen molar-refractivity contribution in [2.45, 2.75) is 38.6 Å². The van der Waals surface area contributed by atoms with E-state index in [-0.39, 0.29) is 6.42 Å². The highest BCUT2D eigenvalue weighted by molar-refractivity contribution is 5.80. The molecule has 1 aromatic carbocycles. The van der Waals surface area contributed by atoms with E-state index in [0.29, 0.717) is 6.61 Å². The van der Waals surface area contributed by atoms with Crippen molar-refractivity contribution in [3.63, 3.8) is 0 Å². The quantitative estimate of drug-likeness (QED) is 0.717. The van der Waals surface area contributed by atoms with Gasteiger partial charge in [0.25, 0.3) is 0 Å². The lowest BCUT2D eigenvalue weighted by atomic mass is 10.1. The third-order valence-corrected chi connectivity index (χ3v) is 2.85. The van der Waals surface area contributed by atoms with E-state index in [4.69, 9.17) is 9.84 Å². The number of nitrogens with one attached hydrogen (secondary N) is 1. The molecule has 0 saturated carbocycles. The second kappa shape index (κ2) is 8.96. The van der Waals surface area contributed by atoms with Gasteiger partial charge in [-0.1, -0.05) is 50.1 Å². The summed E-state index contributed by atoms with van der Waals surface area (Å²) in [6.07, 6.45) is 2.38. The van der Waals surface area contributed by atoms with Crippen LogP contribution in [0.4, 0.5) is 4.79 Å². The molecular formula is C15H21NO4. The molecule has 1 rings (SSSR count). The van der Waals surface area contributed by atoms with Gasteiger partial charge in [0.15, 0.2) is 0 Å². The van der Waals surface area contributed by atoms with Crippen molar-refractivity contribution in [1.82, 2.24) is 5.32 Å². The van der Waals surface area contributed by atoms with Crippen LogP contribution in [0, 0.1) is 0 Å².